The van der Waals surface area contributed by atoms with Crippen molar-refractivity contribution in [2.45, 2.75) is 40.2 Å². The van der Waals surface area contributed by atoms with Crippen LogP contribution >= 0.6 is 0 Å². The molecule has 1 aromatic carbocycles. The molecule has 21 heavy (non-hydrogen) atoms. The topological polar surface area (TPSA) is 64.4 Å². The number of carbonyl (C=O) groups is 1. The molecule has 0 bridgehead atoms. The second-order valence-corrected chi connectivity index (χ2v) is 5.97. The molecule has 112 valence electrons. The third-order valence-corrected chi connectivity index (χ3v) is 2.80. The number of ether oxygens (including phenoxy) is 1. The van der Waals surface area contributed by atoms with Crippen molar-refractivity contribution >= 4 is 11.8 Å². The fraction of sp³-hybridized carbons (Fsp3) is 0.375. The van der Waals surface area contributed by atoms with Crippen LogP contribution in [0.3, 0.4) is 0 Å². The van der Waals surface area contributed by atoms with Crippen LogP contribution in [0.2, 0.25) is 0 Å². The highest BCUT2D eigenvalue weighted by molar-refractivity contribution is 5.90. The van der Waals surface area contributed by atoms with Crippen molar-refractivity contribution in [3.05, 3.63) is 35.5 Å². The molecule has 0 radical (unpaired) electrons. The zero-order valence-corrected chi connectivity index (χ0v) is 13.0. The minimum atomic E-state index is -0.556. The monoisotopic (exact) mass is 288 g/mol. The van der Waals surface area contributed by atoms with E-state index >= 15 is 0 Å². The van der Waals surface area contributed by atoms with Crippen LogP contribution in [0.4, 0.5) is 10.5 Å². The number of nitrogens with one attached hydrogen (secondary N) is 1. The number of carbonyl (C=O) groups excluding carboxylic acids is 1. The molecular weight excluding hydrogens is 268 g/mol. The van der Waals surface area contributed by atoms with Crippen LogP contribution in [0, 0.1) is 13.8 Å². The molecule has 1 N–H and O–H groups in total. The van der Waals surface area contributed by atoms with Gasteiger partial charge in [-0.15, -0.1) is 0 Å². The van der Waals surface area contributed by atoms with Crippen LogP contribution in [0.15, 0.2) is 28.8 Å². The largest absolute Gasteiger partial charge is 0.444 e. The highest BCUT2D eigenvalue weighted by atomic mass is 16.6. The summed E-state index contributed by atoms with van der Waals surface area (Å²) in [5.41, 5.74) is 2.59. The fourth-order valence-corrected chi connectivity index (χ4v) is 1.82. The summed E-state index contributed by atoms with van der Waals surface area (Å²) in [5, 5.41) is 6.63. The van der Waals surface area contributed by atoms with Gasteiger partial charge in [-0.1, -0.05) is 35.0 Å². The summed E-state index contributed by atoms with van der Waals surface area (Å²) in [5.74, 6) is 0.526. The van der Waals surface area contributed by atoms with Crippen molar-refractivity contribution in [1.29, 1.82) is 0 Å². The lowest BCUT2D eigenvalue weighted by molar-refractivity contribution is 0.0636. The predicted molar refractivity (Wildman–Crippen MR) is 81.3 cm³/mol. The lowest BCUT2D eigenvalue weighted by Crippen LogP contribution is -2.27. The maximum atomic E-state index is 11.9. The molecule has 0 fully saturated rings. The molecule has 0 saturated heterocycles. The van der Waals surface area contributed by atoms with Gasteiger partial charge in [0.25, 0.3) is 0 Å². The van der Waals surface area contributed by atoms with Gasteiger partial charge < -0.3 is 9.26 Å². The number of aryl methyl sites for hydroxylation is 2. The number of aromatic nitrogens is 1. The summed E-state index contributed by atoms with van der Waals surface area (Å²) in [6, 6.07) is 7.81. The first-order valence-electron chi connectivity index (χ1n) is 6.79. The van der Waals surface area contributed by atoms with E-state index in [0.29, 0.717) is 17.1 Å². The van der Waals surface area contributed by atoms with Gasteiger partial charge in [0.1, 0.15) is 17.0 Å². The third-order valence-electron chi connectivity index (χ3n) is 2.80. The van der Waals surface area contributed by atoms with Crippen molar-refractivity contribution in [2.75, 3.05) is 5.32 Å². The lowest BCUT2D eigenvalue weighted by Gasteiger charge is -2.19. The third kappa shape index (κ3) is 3.84. The smallest absolute Gasteiger partial charge is 0.412 e. The van der Waals surface area contributed by atoms with Gasteiger partial charge in [-0.2, -0.15) is 0 Å². The number of nitrogens with zero attached hydrogens (tertiary/aromatic N) is 1. The molecule has 0 saturated carbocycles. The molecule has 0 aliphatic heterocycles. The second-order valence-electron chi connectivity index (χ2n) is 5.97. The molecule has 0 unspecified atom stereocenters. The Kier molecular flexibility index (Phi) is 4.02. The predicted octanol–water partition coefficient (Wildman–Crippen LogP) is 4.31. The highest BCUT2D eigenvalue weighted by Gasteiger charge is 2.21. The van der Waals surface area contributed by atoms with Crippen LogP contribution in [0.5, 0.6) is 0 Å². The first kappa shape index (κ1) is 15.1. The Hall–Kier alpha value is -2.30. The normalized spacial score (nSPS) is 11.3. The van der Waals surface area contributed by atoms with Gasteiger partial charge in [-0.05, 0) is 34.6 Å². The molecule has 2 aromatic rings. The molecule has 0 atom stereocenters. The van der Waals surface area contributed by atoms with E-state index in [1.807, 2.05) is 52.0 Å². The Morgan fingerprint density at radius 1 is 1.19 bits per heavy atom. The van der Waals surface area contributed by atoms with Crippen LogP contribution in [-0.4, -0.2) is 16.9 Å². The maximum absolute atomic E-state index is 11.9. The lowest BCUT2D eigenvalue weighted by atomic mass is 10.1. The van der Waals surface area contributed by atoms with E-state index in [-0.39, 0.29) is 0 Å². The summed E-state index contributed by atoms with van der Waals surface area (Å²) in [6.07, 6.45) is -0.526. The van der Waals surface area contributed by atoms with Crippen molar-refractivity contribution in [3.63, 3.8) is 0 Å². The highest BCUT2D eigenvalue weighted by Crippen LogP contribution is 2.31. The molecule has 0 aliphatic carbocycles. The molecule has 0 aliphatic rings. The van der Waals surface area contributed by atoms with Gasteiger partial charge in [-0.3, -0.25) is 5.32 Å². The first-order chi connectivity index (χ1) is 9.76. The average Bonchev–Trinajstić information content (AvgIpc) is 2.70. The van der Waals surface area contributed by atoms with E-state index < -0.39 is 11.7 Å². The zero-order chi connectivity index (χ0) is 15.6. The number of amides is 1. The first-order valence-corrected chi connectivity index (χ1v) is 6.79. The minimum absolute atomic E-state index is 0.526. The Morgan fingerprint density at radius 3 is 2.38 bits per heavy atom. The van der Waals surface area contributed by atoms with Crippen molar-refractivity contribution < 1.29 is 14.1 Å². The van der Waals surface area contributed by atoms with Gasteiger partial charge in [0.15, 0.2) is 5.76 Å². The summed E-state index contributed by atoms with van der Waals surface area (Å²) in [6.45, 7) is 9.22. The molecule has 1 heterocycles. The van der Waals surface area contributed by atoms with E-state index in [0.717, 1.165) is 11.1 Å². The van der Waals surface area contributed by atoms with E-state index in [2.05, 4.69) is 10.5 Å². The standard InChI is InChI=1S/C16H20N2O3/c1-10-6-8-12(9-7-10)14-13(11(2)18-21-14)17-15(19)20-16(3,4)5/h6-9H,1-5H3,(H,17,19). The van der Waals surface area contributed by atoms with E-state index in [9.17, 15) is 4.79 Å². The number of anilines is 1. The van der Waals surface area contributed by atoms with Crippen LogP contribution in [0.1, 0.15) is 32.0 Å². The average molecular weight is 288 g/mol. The van der Waals surface area contributed by atoms with Gasteiger partial charge in [0, 0.05) is 5.56 Å². The molecular formula is C16H20N2O3. The van der Waals surface area contributed by atoms with Gasteiger partial charge in [0.2, 0.25) is 0 Å². The number of rotatable bonds is 2. The Balaban J connectivity index is 2.26. The molecule has 2 rings (SSSR count). The van der Waals surface area contributed by atoms with Gasteiger partial charge in [-0.25, -0.2) is 4.79 Å². The van der Waals surface area contributed by atoms with E-state index in [1.54, 1.807) is 6.92 Å². The number of benzene rings is 1. The van der Waals surface area contributed by atoms with Crippen LogP contribution in [-0.2, 0) is 4.74 Å². The number of hydrogen-bond acceptors (Lipinski definition) is 4. The Morgan fingerprint density at radius 2 is 1.81 bits per heavy atom. The van der Waals surface area contributed by atoms with Gasteiger partial charge in [0.05, 0.1) is 0 Å². The summed E-state index contributed by atoms with van der Waals surface area (Å²) < 4.78 is 10.6. The minimum Gasteiger partial charge on any atom is -0.444 e. The molecule has 5 nitrogen and oxygen atoms in total. The Labute approximate surface area is 124 Å². The quantitative estimate of drug-likeness (QED) is 0.894. The van der Waals surface area contributed by atoms with Crippen molar-refractivity contribution in [3.8, 4) is 11.3 Å². The maximum Gasteiger partial charge on any atom is 0.412 e. The zero-order valence-electron chi connectivity index (χ0n) is 13.0. The van der Waals surface area contributed by atoms with Crippen molar-refractivity contribution in [1.82, 2.24) is 5.16 Å². The van der Waals surface area contributed by atoms with Crippen molar-refractivity contribution in [2.24, 2.45) is 0 Å². The summed E-state index contributed by atoms with van der Waals surface area (Å²) in [7, 11) is 0. The van der Waals surface area contributed by atoms with E-state index in [4.69, 9.17) is 9.26 Å². The molecule has 0 spiro atoms. The summed E-state index contributed by atoms with van der Waals surface area (Å²) >= 11 is 0. The molecule has 5 heteroatoms. The SMILES string of the molecule is Cc1ccc(-c2onc(C)c2NC(=O)OC(C)(C)C)cc1. The van der Waals surface area contributed by atoms with E-state index in [1.165, 1.54) is 0 Å². The second kappa shape index (κ2) is 5.60. The number of hydrogen-bond donors (Lipinski definition) is 1. The fourth-order valence-electron chi connectivity index (χ4n) is 1.82. The summed E-state index contributed by atoms with van der Waals surface area (Å²) in [4.78, 5) is 11.9. The van der Waals surface area contributed by atoms with Crippen LogP contribution in [0.25, 0.3) is 11.3 Å². The van der Waals surface area contributed by atoms with Crippen LogP contribution < -0.4 is 5.32 Å². The molecule has 1 aromatic heterocycles. The Bertz CT molecular complexity index is 637. The molecule has 1 amide bonds. The van der Waals surface area contributed by atoms with Gasteiger partial charge >= 0.3 is 6.09 Å².